The number of guanidine groups is 1. The van der Waals surface area contributed by atoms with Crippen molar-refractivity contribution < 1.29 is 4.99 Å². The predicted octanol–water partition coefficient (Wildman–Crippen LogP) is -3.03. The summed E-state index contributed by atoms with van der Waals surface area (Å²) in [6, 6.07) is 0. The third-order valence-corrected chi connectivity index (χ3v) is 0.395. The molecule has 7 heavy (non-hydrogen) atoms. The fraction of sp³-hybridized carbons (Fsp3) is 0.250. The van der Waals surface area contributed by atoms with Crippen molar-refractivity contribution in [2.75, 3.05) is 6.54 Å². The molecule has 0 aliphatic rings. The van der Waals surface area contributed by atoms with Crippen LogP contribution in [0.25, 0.3) is 0 Å². The van der Waals surface area contributed by atoms with Crippen LogP contribution in [-0.2, 0) is 0 Å². The van der Waals surface area contributed by atoms with Crippen LogP contribution in [0.2, 0.25) is 0 Å². The molecule has 0 fully saturated rings. The molecule has 0 aromatic carbocycles. The molecule has 0 heterocycles. The minimum atomic E-state index is 0.165. The van der Waals surface area contributed by atoms with E-state index >= 15 is 0 Å². The van der Waals surface area contributed by atoms with Crippen molar-refractivity contribution >= 4 is 5.96 Å². The third kappa shape index (κ3) is 4.83. The number of nitrogens with two attached hydrogens (primary N) is 2. The molecule has 5 N–H and O–H groups in total. The van der Waals surface area contributed by atoms with E-state index in [1.807, 2.05) is 0 Å². The van der Waals surface area contributed by atoms with Crippen molar-refractivity contribution in [1.29, 1.82) is 0 Å². The van der Waals surface area contributed by atoms with Gasteiger partial charge in [-0.2, -0.15) is 0 Å². The van der Waals surface area contributed by atoms with E-state index in [1.54, 1.807) is 0 Å². The fourth-order valence-corrected chi connectivity index (χ4v) is 0.153. The molecule has 3 nitrogen and oxygen atoms in total. The minimum absolute atomic E-state index is 0.165. The van der Waals surface area contributed by atoms with Crippen molar-refractivity contribution in [2.24, 2.45) is 11.5 Å². The average molecular weight is 98.1 g/mol. The zero-order valence-corrected chi connectivity index (χ0v) is 3.94. The first-order valence-corrected chi connectivity index (χ1v) is 1.82. The molecule has 0 amide bonds. The maximum absolute atomic E-state index is 4.97. The lowest BCUT2D eigenvalue weighted by Gasteiger charge is -1.76. The Labute approximate surface area is 42.4 Å². The van der Waals surface area contributed by atoms with Gasteiger partial charge >= 0.3 is 5.96 Å². The number of terminal acetylenes is 1. The zero-order chi connectivity index (χ0) is 5.70. The lowest BCUT2D eigenvalue weighted by atomic mass is 10.7. The van der Waals surface area contributed by atoms with Crippen LogP contribution in [0.5, 0.6) is 0 Å². The van der Waals surface area contributed by atoms with Gasteiger partial charge in [0.25, 0.3) is 0 Å². The Bertz CT molecular complexity index is 105. The van der Waals surface area contributed by atoms with E-state index < -0.39 is 0 Å². The number of hydrogen-bond donors (Lipinski definition) is 3. The second kappa shape index (κ2) is 3.04. The van der Waals surface area contributed by atoms with Crippen LogP contribution < -0.4 is 16.5 Å². The Balaban J connectivity index is 3.32. The van der Waals surface area contributed by atoms with Crippen molar-refractivity contribution in [3.63, 3.8) is 0 Å². The van der Waals surface area contributed by atoms with Gasteiger partial charge in [-0.3, -0.25) is 16.5 Å². The van der Waals surface area contributed by atoms with E-state index in [0.717, 1.165) is 0 Å². The molecule has 0 saturated carbocycles. The summed E-state index contributed by atoms with van der Waals surface area (Å²) in [6.07, 6.45) is 4.84. The normalized spacial score (nSPS) is 6.71. The van der Waals surface area contributed by atoms with Gasteiger partial charge in [-0.1, -0.05) is 5.92 Å². The number of nitrogens with one attached hydrogen (secondary N) is 1. The predicted molar refractivity (Wildman–Crippen MR) is 28.0 cm³/mol. The molecule has 3 heteroatoms. The molecule has 0 radical (unpaired) electrons. The molecule has 0 bridgehead atoms. The molecule has 0 spiro atoms. The van der Waals surface area contributed by atoms with Gasteiger partial charge in [-0.15, -0.1) is 6.42 Å². The number of rotatable bonds is 1. The Morgan fingerprint density at radius 1 is 1.71 bits per heavy atom. The van der Waals surface area contributed by atoms with Gasteiger partial charge < -0.3 is 0 Å². The summed E-state index contributed by atoms with van der Waals surface area (Å²) < 4.78 is 0. The highest BCUT2D eigenvalue weighted by atomic mass is 15.0. The quantitative estimate of drug-likeness (QED) is 0.185. The van der Waals surface area contributed by atoms with E-state index in [0.29, 0.717) is 6.54 Å². The largest absolute Gasteiger partial charge is 0.339 e. The molecule has 0 saturated heterocycles. The highest BCUT2D eigenvalue weighted by Crippen LogP contribution is 1.24. The van der Waals surface area contributed by atoms with Crippen LogP contribution in [0.3, 0.4) is 0 Å². The third-order valence-electron chi connectivity index (χ3n) is 0.395. The summed E-state index contributed by atoms with van der Waals surface area (Å²) in [6.45, 7) is 0.391. The molecule has 0 aromatic heterocycles. The molecule has 38 valence electrons. The second-order valence-corrected chi connectivity index (χ2v) is 1.01. The lowest BCUT2D eigenvalue weighted by Crippen LogP contribution is -2.77. The van der Waals surface area contributed by atoms with Gasteiger partial charge in [0.05, 0.1) is 0 Å². The summed E-state index contributed by atoms with van der Waals surface area (Å²) in [4.78, 5) is 2.53. The van der Waals surface area contributed by atoms with Gasteiger partial charge in [0.1, 0.15) is 6.54 Å². The molecule has 0 atom stereocenters. The van der Waals surface area contributed by atoms with Crippen molar-refractivity contribution in [3.8, 4) is 12.3 Å². The van der Waals surface area contributed by atoms with Gasteiger partial charge in [0, 0.05) is 0 Å². The standard InChI is InChI=1S/C4H7N3/c1-2-3-7-4(5)6/h1H,3H2,(H4,5,6,7)/p+1. The second-order valence-electron chi connectivity index (χ2n) is 1.01. The highest BCUT2D eigenvalue weighted by molar-refractivity contribution is 5.69. The molecule has 0 aliphatic carbocycles. The first kappa shape index (κ1) is 5.83. The zero-order valence-electron chi connectivity index (χ0n) is 3.94. The molecule has 0 rings (SSSR count). The van der Waals surface area contributed by atoms with Crippen LogP contribution in [0.1, 0.15) is 0 Å². The molecular formula is C4H8N3+. The van der Waals surface area contributed by atoms with Gasteiger partial charge in [-0.25, -0.2) is 0 Å². The van der Waals surface area contributed by atoms with Crippen LogP contribution in [0.15, 0.2) is 0 Å². The van der Waals surface area contributed by atoms with Crippen LogP contribution in [0, 0.1) is 12.3 Å². The van der Waals surface area contributed by atoms with Gasteiger partial charge in [-0.05, 0) is 0 Å². The SMILES string of the molecule is C#CC[NH+]=C(N)N. The smallest absolute Gasteiger partial charge is 0.291 e. The highest BCUT2D eigenvalue weighted by Gasteiger charge is 1.77. The van der Waals surface area contributed by atoms with E-state index in [-0.39, 0.29) is 5.96 Å². The fourth-order valence-electron chi connectivity index (χ4n) is 0.153. The Kier molecular flexibility index (Phi) is 2.53. The van der Waals surface area contributed by atoms with Crippen LogP contribution in [0.4, 0.5) is 0 Å². The topological polar surface area (TPSA) is 66.0 Å². The molecule has 0 unspecified atom stereocenters. The summed E-state index contributed by atoms with van der Waals surface area (Å²) in [7, 11) is 0. The lowest BCUT2D eigenvalue weighted by molar-refractivity contribution is -0.443. The minimum Gasteiger partial charge on any atom is -0.291 e. The van der Waals surface area contributed by atoms with E-state index in [1.165, 1.54) is 0 Å². The average Bonchev–Trinajstić information content (AvgIpc) is 1.61. The van der Waals surface area contributed by atoms with E-state index in [4.69, 9.17) is 17.9 Å². The molecule has 0 aromatic rings. The van der Waals surface area contributed by atoms with Crippen molar-refractivity contribution in [3.05, 3.63) is 0 Å². The first-order valence-electron chi connectivity index (χ1n) is 1.82. The van der Waals surface area contributed by atoms with Crippen LogP contribution in [-0.4, -0.2) is 12.5 Å². The first-order chi connectivity index (χ1) is 3.27. The summed E-state index contributed by atoms with van der Waals surface area (Å²) in [5.41, 5.74) is 9.93. The number of hydrogen-bond acceptors (Lipinski definition) is 0. The monoisotopic (exact) mass is 98.1 g/mol. The summed E-state index contributed by atoms with van der Waals surface area (Å²) in [5.74, 6) is 2.47. The Hall–Kier alpha value is -1.17. The Morgan fingerprint density at radius 3 is 2.43 bits per heavy atom. The van der Waals surface area contributed by atoms with Gasteiger partial charge in [0.2, 0.25) is 0 Å². The van der Waals surface area contributed by atoms with Crippen molar-refractivity contribution in [1.82, 2.24) is 0 Å². The van der Waals surface area contributed by atoms with Crippen molar-refractivity contribution in [2.45, 2.75) is 0 Å². The summed E-state index contributed by atoms with van der Waals surface area (Å²) in [5, 5.41) is 0. The maximum Gasteiger partial charge on any atom is 0.339 e. The van der Waals surface area contributed by atoms with E-state index in [9.17, 15) is 0 Å². The van der Waals surface area contributed by atoms with E-state index in [2.05, 4.69) is 10.9 Å². The van der Waals surface area contributed by atoms with Crippen LogP contribution >= 0.6 is 0 Å². The summed E-state index contributed by atoms with van der Waals surface area (Å²) >= 11 is 0. The maximum atomic E-state index is 4.97. The Morgan fingerprint density at radius 2 is 2.29 bits per heavy atom. The molecule has 0 aliphatic heterocycles. The van der Waals surface area contributed by atoms with Gasteiger partial charge in [0.15, 0.2) is 0 Å². The molecular weight excluding hydrogens is 90.1 g/mol.